The Hall–Kier alpha value is -2.77. The predicted octanol–water partition coefficient (Wildman–Crippen LogP) is 4.17. The highest BCUT2D eigenvalue weighted by molar-refractivity contribution is 7.71. The van der Waals surface area contributed by atoms with Crippen molar-refractivity contribution in [2.45, 2.75) is 45.4 Å². The molecular formula is C23H25N5OS. The fourth-order valence-corrected chi connectivity index (χ4v) is 4.97. The van der Waals surface area contributed by atoms with Crippen LogP contribution in [0.15, 0.2) is 53.3 Å². The van der Waals surface area contributed by atoms with Gasteiger partial charge in [-0.25, -0.2) is 4.68 Å². The maximum atomic E-state index is 13.1. The summed E-state index contributed by atoms with van der Waals surface area (Å²) >= 11 is 5.83. The summed E-state index contributed by atoms with van der Waals surface area (Å²) in [7, 11) is 2.12. The quantitative estimate of drug-likeness (QED) is 0.456. The highest BCUT2D eigenvalue weighted by Crippen LogP contribution is 2.35. The lowest BCUT2D eigenvalue weighted by Crippen LogP contribution is -2.26. The Bertz CT molecular complexity index is 1370. The van der Waals surface area contributed by atoms with Gasteiger partial charge in [0.2, 0.25) is 10.5 Å². The van der Waals surface area contributed by atoms with Crippen molar-refractivity contribution in [1.29, 1.82) is 0 Å². The molecule has 4 aromatic rings. The fourth-order valence-electron chi connectivity index (χ4n) is 4.69. The molecule has 7 heteroatoms. The van der Waals surface area contributed by atoms with Gasteiger partial charge >= 0.3 is 0 Å². The topological polar surface area (TPSA) is 47.5 Å². The third kappa shape index (κ3) is 2.92. The van der Waals surface area contributed by atoms with Gasteiger partial charge in [-0.05, 0) is 61.8 Å². The van der Waals surface area contributed by atoms with Crippen molar-refractivity contribution in [2.24, 2.45) is 0 Å². The second kappa shape index (κ2) is 7.49. The second-order valence-corrected chi connectivity index (χ2v) is 8.41. The van der Waals surface area contributed by atoms with Crippen LogP contribution in [0.1, 0.15) is 36.9 Å². The van der Waals surface area contributed by atoms with Crippen LogP contribution in [0.5, 0.6) is 0 Å². The highest BCUT2D eigenvalue weighted by Gasteiger charge is 2.26. The SMILES string of the molecule is CCCn1c(=O)c2ccccc2n2c(=S)n(CN(C)C3CCc4ccccc43)nc12. The molecule has 2 aromatic carbocycles. The third-order valence-electron chi connectivity index (χ3n) is 6.12. The van der Waals surface area contributed by atoms with Gasteiger partial charge in [-0.15, -0.1) is 5.10 Å². The highest BCUT2D eigenvalue weighted by atomic mass is 32.1. The van der Waals surface area contributed by atoms with Crippen molar-refractivity contribution in [2.75, 3.05) is 7.05 Å². The minimum atomic E-state index is -0.00910. The normalized spacial score (nSPS) is 16.0. The first-order chi connectivity index (χ1) is 14.6. The van der Waals surface area contributed by atoms with Crippen LogP contribution in [0.3, 0.4) is 0 Å². The largest absolute Gasteiger partial charge is 0.280 e. The van der Waals surface area contributed by atoms with E-state index < -0.39 is 0 Å². The first kappa shape index (κ1) is 19.2. The second-order valence-electron chi connectivity index (χ2n) is 8.04. The summed E-state index contributed by atoms with van der Waals surface area (Å²) < 4.78 is 6.16. The van der Waals surface area contributed by atoms with Crippen LogP contribution in [-0.4, -0.2) is 30.7 Å². The van der Waals surface area contributed by atoms with E-state index in [0.29, 0.717) is 35.2 Å². The van der Waals surface area contributed by atoms with E-state index in [9.17, 15) is 4.79 Å². The fraction of sp³-hybridized carbons (Fsp3) is 0.348. The average Bonchev–Trinajstić information content (AvgIpc) is 3.33. The summed E-state index contributed by atoms with van der Waals surface area (Å²) in [5.74, 6) is 0.616. The molecule has 0 aliphatic heterocycles. The first-order valence-corrected chi connectivity index (χ1v) is 10.9. The molecule has 5 rings (SSSR count). The van der Waals surface area contributed by atoms with Crippen LogP contribution in [0.25, 0.3) is 16.7 Å². The Morgan fingerprint density at radius 1 is 1.17 bits per heavy atom. The molecule has 1 aliphatic rings. The monoisotopic (exact) mass is 419 g/mol. The summed E-state index contributed by atoms with van der Waals surface area (Å²) in [6, 6.07) is 16.6. The Labute approximate surface area is 180 Å². The van der Waals surface area contributed by atoms with Gasteiger partial charge in [0.1, 0.15) is 0 Å². The number of fused-ring (bicyclic) bond motifs is 4. The van der Waals surface area contributed by atoms with Crippen LogP contribution in [0.4, 0.5) is 0 Å². The lowest BCUT2D eigenvalue weighted by Gasteiger charge is -2.24. The summed E-state index contributed by atoms with van der Waals surface area (Å²) in [4.78, 5) is 15.4. The molecule has 6 nitrogen and oxygen atoms in total. The molecule has 0 saturated heterocycles. The zero-order valence-electron chi connectivity index (χ0n) is 17.3. The van der Waals surface area contributed by atoms with Gasteiger partial charge in [-0.3, -0.25) is 18.7 Å². The van der Waals surface area contributed by atoms with Gasteiger partial charge in [0, 0.05) is 12.6 Å². The lowest BCUT2D eigenvalue weighted by atomic mass is 10.1. The maximum absolute atomic E-state index is 13.1. The number of hydrogen-bond acceptors (Lipinski definition) is 4. The molecule has 0 bridgehead atoms. The van der Waals surface area contributed by atoms with E-state index >= 15 is 0 Å². The Kier molecular flexibility index (Phi) is 4.79. The van der Waals surface area contributed by atoms with Gasteiger partial charge < -0.3 is 0 Å². The van der Waals surface area contributed by atoms with Crippen LogP contribution in [0, 0.1) is 4.77 Å². The Morgan fingerprint density at radius 2 is 1.93 bits per heavy atom. The first-order valence-electron chi connectivity index (χ1n) is 10.5. The smallest absolute Gasteiger partial charge is 0.262 e. The molecule has 154 valence electrons. The molecule has 1 atom stereocenters. The van der Waals surface area contributed by atoms with Crippen molar-refractivity contribution in [3.8, 4) is 0 Å². The molecule has 0 radical (unpaired) electrons. The van der Waals surface area contributed by atoms with Gasteiger partial charge in [0.25, 0.3) is 5.56 Å². The molecule has 30 heavy (non-hydrogen) atoms. The number of rotatable bonds is 5. The molecule has 2 aromatic heterocycles. The van der Waals surface area contributed by atoms with E-state index in [4.69, 9.17) is 17.3 Å². The summed E-state index contributed by atoms with van der Waals surface area (Å²) in [5, 5.41) is 5.48. The summed E-state index contributed by atoms with van der Waals surface area (Å²) in [6.07, 6.45) is 3.05. The van der Waals surface area contributed by atoms with Gasteiger partial charge in [-0.2, -0.15) is 0 Å². The van der Waals surface area contributed by atoms with Crippen LogP contribution in [0.2, 0.25) is 0 Å². The molecule has 2 heterocycles. The number of hydrogen-bond donors (Lipinski definition) is 0. The van der Waals surface area contributed by atoms with E-state index in [1.54, 1.807) is 4.57 Å². The number of aromatic nitrogens is 4. The van der Waals surface area contributed by atoms with E-state index in [2.05, 4.69) is 43.1 Å². The van der Waals surface area contributed by atoms with E-state index in [-0.39, 0.29) is 5.56 Å². The lowest BCUT2D eigenvalue weighted by molar-refractivity contribution is 0.182. The number of benzene rings is 2. The van der Waals surface area contributed by atoms with Gasteiger partial charge in [0.15, 0.2) is 0 Å². The zero-order chi connectivity index (χ0) is 20.8. The van der Waals surface area contributed by atoms with Gasteiger partial charge in [-0.1, -0.05) is 43.3 Å². The van der Waals surface area contributed by atoms with Crippen LogP contribution < -0.4 is 5.56 Å². The van der Waals surface area contributed by atoms with E-state index in [1.807, 2.05) is 33.3 Å². The van der Waals surface area contributed by atoms with Crippen molar-refractivity contribution in [3.05, 3.63) is 74.8 Å². The van der Waals surface area contributed by atoms with E-state index in [0.717, 1.165) is 24.8 Å². The minimum absolute atomic E-state index is 0.00910. The van der Waals surface area contributed by atoms with Crippen molar-refractivity contribution in [1.82, 2.24) is 23.6 Å². The van der Waals surface area contributed by atoms with Crippen molar-refractivity contribution >= 4 is 28.9 Å². The molecule has 1 unspecified atom stereocenters. The number of nitrogens with zero attached hydrogens (tertiary/aromatic N) is 5. The van der Waals surface area contributed by atoms with Crippen molar-refractivity contribution in [3.63, 3.8) is 0 Å². The minimum Gasteiger partial charge on any atom is -0.280 e. The Balaban J connectivity index is 1.62. The predicted molar refractivity (Wildman–Crippen MR) is 121 cm³/mol. The van der Waals surface area contributed by atoms with Crippen LogP contribution in [-0.2, 0) is 19.6 Å². The molecule has 0 amide bonds. The zero-order valence-corrected chi connectivity index (χ0v) is 18.1. The summed E-state index contributed by atoms with van der Waals surface area (Å²) in [6.45, 7) is 3.26. The van der Waals surface area contributed by atoms with E-state index in [1.165, 1.54) is 11.1 Å². The third-order valence-corrected chi connectivity index (χ3v) is 6.52. The Morgan fingerprint density at radius 3 is 2.77 bits per heavy atom. The van der Waals surface area contributed by atoms with Crippen LogP contribution >= 0.6 is 12.2 Å². The molecule has 0 fully saturated rings. The number of aryl methyl sites for hydroxylation is 2. The van der Waals surface area contributed by atoms with Gasteiger partial charge in [0.05, 0.1) is 17.6 Å². The molecular weight excluding hydrogens is 394 g/mol. The summed E-state index contributed by atoms with van der Waals surface area (Å²) in [5.41, 5.74) is 3.62. The molecule has 0 spiro atoms. The molecule has 0 N–H and O–H groups in total. The standard InChI is InChI=1S/C23H25N5OS/c1-3-14-26-21(29)18-10-6-7-11-20(18)28-22(26)24-27(23(28)30)15-25(2)19-13-12-16-8-4-5-9-17(16)19/h4-11,19H,3,12-15H2,1-2H3. The number of para-hydroxylation sites is 1. The molecule has 1 aliphatic carbocycles. The van der Waals surface area contributed by atoms with Crippen molar-refractivity contribution < 1.29 is 0 Å². The maximum Gasteiger partial charge on any atom is 0.262 e. The molecule has 0 saturated carbocycles. The average molecular weight is 420 g/mol.